The molecule has 7 nitrogen and oxygen atoms in total. The third kappa shape index (κ3) is 3.20. The first-order valence-corrected chi connectivity index (χ1v) is 10.2. The molecule has 2 aliphatic carbocycles. The molecule has 1 amide bonds. The minimum absolute atomic E-state index is 0.114. The molecular weight excluding hydrogens is 354 g/mol. The van der Waals surface area contributed by atoms with Crippen molar-refractivity contribution in [2.45, 2.75) is 17.7 Å². The number of allylic oxidation sites excluding steroid dienone is 2. The van der Waals surface area contributed by atoms with Gasteiger partial charge in [-0.3, -0.25) is 4.79 Å². The lowest BCUT2D eigenvalue weighted by Gasteiger charge is -2.31. The molecule has 138 valence electrons. The van der Waals surface area contributed by atoms with E-state index < -0.39 is 15.9 Å². The van der Waals surface area contributed by atoms with E-state index in [-0.39, 0.29) is 10.5 Å². The number of hydrazone groups is 1. The maximum atomic E-state index is 12.7. The second kappa shape index (κ2) is 6.94. The molecule has 1 aromatic carbocycles. The standard InChI is InChI=1S/C18H21N3O4S/c22-18(20-19-17-12-13-3-2-6-16(13)17)14-4-1-5-15(11-14)26(23,24)21-7-9-25-10-8-21/h1-5,11,13,16H,6-10,12H2,(H,20,22)/b19-17+. The third-order valence-electron chi connectivity index (χ3n) is 5.17. The number of nitrogens with zero attached hydrogens (tertiary/aromatic N) is 2. The quantitative estimate of drug-likeness (QED) is 0.636. The van der Waals surface area contributed by atoms with Gasteiger partial charge in [0, 0.05) is 30.3 Å². The van der Waals surface area contributed by atoms with E-state index in [1.165, 1.54) is 16.4 Å². The highest BCUT2D eigenvalue weighted by Crippen LogP contribution is 2.40. The lowest BCUT2D eigenvalue weighted by atomic mass is 9.74. The summed E-state index contributed by atoms with van der Waals surface area (Å²) in [7, 11) is -3.63. The van der Waals surface area contributed by atoms with Crippen LogP contribution in [0.3, 0.4) is 0 Å². The van der Waals surface area contributed by atoms with Gasteiger partial charge in [0.1, 0.15) is 0 Å². The SMILES string of the molecule is O=C(N/N=C1\CC2C=CCC12)c1cccc(S(=O)(=O)N2CCOCC2)c1. The van der Waals surface area contributed by atoms with E-state index >= 15 is 0 Å². The van der Waals surface area contributed by atoms with E-state index in [1.54, 1.807) is 12.1 Å². The van der Waals surface area contributed by atoms with Crippen LogP contribution < -0.4 is 5.43 Å². The molecule has 2 fully saturated rings. The summed E-state index contributed by atoms with van der Waals surface area (Å²) in [6, 6.07) is 6.08. The Morgan fingerprint density at radius 1 is 1.27 bits per heavy atom. The minimum Gasteiger partial charge on any atom is -0.379 e. The molecule has 0 bridgehead atoms. The van der Waals surface area contributed by atoms with E-state index in [9.17, 15) is 13.2 Å². The van der Waals surface area contributed by atoms with Crippen LogP contribution in [-0.4, -0.2) is 50.6 Å². The van der Waals surface area contributed by atoms with Crippen LogP contribution in [0.15, 0.2) is 46.4 Å². The average molecular weight is 375 g/mol. The molecule has 26 heavy (non-hydrogen) atoms. The molecule has 1 saturated heterocycles. The van der Waals surface area contributed by atoms with Crippen LogP contribution in [-0.2, 0) is 14.8 Å². The molecule has 1 aromatic rings. The number of fused-ring (bicyclic) bond motifs is 1. The minimum atomic E-state index is -3.63. The fourth-order valence-electron chi connectivity index (χ4n) is 3.58. The highest BCUT2D eigenvalue weighted by Gasteiger charge is 2.38. The number of carbonyl (C=O) groups is 1. The zero-order chi connectivity index (χ0) is 18.1. The monoisotopic (exact) mass is 375 g/mol. The van der Waals surface area contributed by atoms with Gasteiger partial charge >= 0.3 is 0 Å². The molecule has 1 aliphatic heterocycles. The molecule has 0 spiro atoms. The van der Waals surface area contributed by atoms with Crippen molar-refractivity contribution in [3.8, 4) is 0 Å². The maximum absolute atomic E-state index is 12.7. The molecule has 2 unspecified atom stereocenters. The predicted octanol–water partition coefficient (Wildman–Crippen LogP) is 1.39. The molecule has 0 radical (unpaired) electrons. The zero-order valence-corrected chi connectivity index (χ0v) is 15.1. The Morgan fingerprint density at radius 2 is 2.08 bits per heavy atom. The molecule has 1 N–H and O–H groups in total. The Bertz CT molecular complexity index is 872. The topological polar surface area (TPSA) is 88.1 Å². The number of sulfonamides is 1. The summed E-state index contributed by atoms with van der Waals surface area (Å²) in [5.41, 5.74) is 3.85. The fraction of sp³-hybridized carbons (Fsp3) is 0.444. The highest BCUT2D eigenvalue weighted by atomic mass is 32.2. The number of morpholine rings is 1. The summed E-state index contributed by atoms with van der Waals surface area (Å²) in [6.07, 6.45) is 6.21. The van der Waals surface area contributed by atoms with Crippen LogP contribution in [0.4, 0.5) is 0 Å². The van der Waals surface area contributed by atoms with Gasteiger partial charge in [-0.25, -0.2) is 13.8 Å². The largest absolute Gasteiger partial charge is 0.379 e. The molecule has 4 rings (SSSR count). The van der Waals surface area contributed by atoms with Crippen molar-refractivity contribution in [3.05, 3.63) is 42.0 Å². The van der Waals surface area contributed by atoms with E-state index in [2.05, 4.69) is 22.7 Å². The maximum Gasteiger partial charge on any atom is 0.271 e. The number of rotatable bonds is 4. The van der Waals surface area contributed by atoms with Crippen LogP contribution in [0.25, 0.3) is 0 Å². The van der Waals surface area contributed by atoms with Crippen molar-refractivity contribution in [3.63, 3.8) is 0 Å². The summed E-state index contributed by atoms with van der Waals surface area (Å²) in [5, 5.41) is 4.23. The van der Waals surface area contributed by atoms with Crippen LogP contribution in [0.1, 0.15) is 23.2 Å². The van der Waals surface area contributed by atoms with E-state index in [0.717, 1.165) is 18.6 Å². The normalized spacial score (nSPS) is 27.2. The van der Waals surface area contributed by atoms with Gasteiger partial charge in [0.15, 0.2) is 0 Å². The highest BCUT2D eigenvalue weighted by molar-refractivity contribution is 7.89. The number of hydrogen-bond donors (Lipinski definition) is 1. The smallest absolute Gasteiger partial charge is 0.271 e. The van der Waals surface area contributed by atoms with Crippen LogP contribution in [0.2, 0.25) is 0 Å². The van der Waals surface area contributed by atoms with E-state index in [4.69, 9.17) is 4.74 Å². The number of hydrogen-bond acceptors (Lipinski definition) is 5. The Labute approximate surface area is 152 Å². The first-order valence-electron chi connectivity index (χ1n) is 8.77. The van der Waals surface area contributed by atoms with Gasteiger partial charge < -0.3 is 4.74 Å². The molecule has 0 aromatic heterocycles. The van der Waals surface area contributed by atoms with Gasteiger partial charge in [-0.05, 0) is 37.0 Å². The number of amides is 1. The fourth-order valence-corrected chi connectivity index (χ4v) is 5.04. The average Bonchev–Trinajstić information content (AvgIpc) is 3.03. The molecule has 2 atom stereocenters. The molecule has 1 heterocycles. The zero-order valence-electron chi connectivity index (χ0n) is 14.3. The van der Waals surface area contributed by atoms with Crippen molar-refractivity contribution in [2.75, 3.05) is 26.3 Å². The summed E-state index contributed by atoms with van der Waals surface area (Å²) in [5.74, 6) is 0.585. The van der Waals surface area contributed by atoms with Crippen molar-refractivity contribution in [1.82, 2.24) is 9.73 Å². The lowest BCUT2D eigenvalue weighted by Crippen LogP contribution is -2.40. The lowest BCUT2D eigenvalue weighted by molar-refractivity contribution is 0.0730. The van der Waals surface area contributed by atoms with Gasteiger partial charge in [-0.2, -0.15) is 9.41 Å². The summed E-state index contributed by atoms with van der Waals surface area (Å²) >= 11 is 0. The first-order chi connectivity index (χ1) is 12.6. The van der Waals surface area contributed by atoms with Crippen molar-refractivity contribution >= 4 is 21.6 Å². The third-order valence-corrected chi connectivity index (χ3v) is 7.06. The van der Waals surface area contributed by atoms with Crippen molar-refractivity contribution in [2.24, 2.45) is 16.9 Å². The van der Waals surface area contributed by atoms with Crippen molar-refractivity contribution < 1.29 is 17.9 Å². The van der Waals surface area contributed by atoms with Gasteiger partial charge in [0.25, 0.3) is 5.91 Å². The number of ether oxygens (including phenoxy) is 1. The van der Waals surface area contributed by atoms with Gasteiger partial charge in [-0.1, -0.05) is 18.2 Å². The second-order valence-corrected chi connectivity index (χ2v) is 8.66. The molecular formula is C18H21N3O4S. The number of nitrogens with one attached hydrogen (secondary N) is 1. The Balaban J connectivity index is 1.47. The Hall–Kier alpha value is -2.03. The van der Waals surface area contributed by atoms with Crippen molar-refractivity contribution in [1.29, 1.82) is 0 Å². The summed E-state index contributed by atoms with van der Waals surface area (Å²) in [4.78, 5) is 12.5. The number of benzene rings is 1. The van der Waals surface area contributed by atoms with Gasteiger partial charge in [0.2, 0.25) is 10.0 Å². The molecule has 8 heteroatoms. The van der Waals surface area contributed by atoms with Crippen LogP contribution in [0, 0.1) is 11.8 Å². The Morgan fingerprint density at radius 3 is 2.85 bits per heavy atom. The molecule has 1 saturated carbocycles. The van der Waals surface area contributed by atoms with Gasteiger partial charge in [0.05, 0.1) is 18.1 Å². The Kier molecular flexibility index (Phi) is 4.64. The van der Waals surface area contributed by atoms with E-state index in [1.807, 2.05) is 0 Å². The van der Waals surface area contributed by atoms with Crippen LogP contribution >= 0.6 is 0 Å². The summed E-state index contributed by atoms with van der Waals surface area (Å²) < 4.78 is 32.0. The second-order valence-electron chi connectivity index (χ2n) is 6.73. The molecule has 3 aliphatic rings. The van der Waals surface area contributed by atoms with Gasteiger partial charge in [-0.15, -0.1) is 0 Å². The summed E-state index contributed by atoms with van der Waals surface area (Å²) in [6.45, 7) is 1.41. The van der Waals surface area contributed by atoms with Crippen LogP contribution in [0.5, 0.6) is 0 Å². The number of carbonyl (C=O) groups excluding carboxylic acids is 1. The first kappa shape index (κ1) is 17.4. The van der Waals surface area contributed by atoms with E-state index in [0.29, 0.717) is 38.1 Å². The predicted molar refractivity (Wildman–Crippen MR) is 96.3 cm³/mol.